The first-order valence-corrected chi connectivity index (χ1v) is 5.23. The number of hydrogen-bond donors (Lipinski definition) is 2. The number of Topliss-reactive ketones (excluding diaryl/α,β-unsaturated/α-hetero) is 2. The van der Waals surface area contributed by atoms with E-state index in [4.69, 9.17) is 5.11 Å². The number of aliphatic carboxylic acids is 1. The summed E-state index contributed by atoms with van der Waals surface area (Å²) in [5.41, 5.74) is -0.153. The third-order valence-electron chi connectivity index (χ3n) is 2.99. The smallest absolute Gasteiger partial charge is 0.307 e. The third kappa shape index (κ3) is 1.85. The molecule has 2 saturated carbocycles. The molecule has 0 amide bonds. The minimum atomic E-state index is -1.13. The molecular formula is C11H12O5. The molecule has 0 spiro atoms. The van der Waals surface area contributed by atoms with Gasteiger partial charge in [0.05, 0.1) is 11.5 Å². The fourth-order valence-electron chi connectivity index (χ4n) is 1.90. The minimum absolute atomic E-state index is 0.0655. The van der Waals surface area contributed by atoms with Crippen molar-refractivity contribution in [1.82, 2.24) is 0 Å². The number of ketones is 2. The lowest BCUT2D eigenvalue weighted by Crippen LogP contribution is -2.31. The van der Waals surface area contributed by atoms with Crippen LogP contribution in [-0.2, 0) is 14.4 Å². The summed E-state index contributed by atoms with van der Waals surface area (Å²) in [7, 11) is 0. The van der Waals surface area contributed by atoms with E-state index in [1.807, 2.05) is 0 Å². The van der Waals surface area contributed by atoms with E-state index in [0.717, 1.165) is 12.8 Å². The molecule has 2 fully saturated rings. The predicted octanol–water partition coefficient (Wildman–Crippen LogP) is 0.841. The highest BCUT2D eigenvalue weighted by atomic mass is 16.4. The summed E-state index contributed by atoms with van der Waals surface area (Å²) in [4.78, 5) is 33.9. The van der Waals surface area contributed by atoms with Gasteiger partial charge < -0.3 is 10.2 Å². The zero-order valence-electron chi connectivity index (χ0n) is 8.60. The van der Waals surface area contributed by atoms with Crippen molar-refractivity contribution in [3.63, 3.8) is 0 Å². The van der Waals surface area contributed by atoms with E-state index in [1.165, 1.54) is 0 Å². The molecule has 0 aromatic heterocycles. The number of allylic oxidation sites excluding steroid dienone is 2. The molecule has 86 valence electrons. The van der Waals surface area contributed by atoms with E-state index in [9.17, 15) is 19.5 Å². The predicted molar refractivity (Wildman–Crippen MR) is 52.8 cm³/mol. The third-order valence-corrected chi connectivity index (χ3v) is 2.99. The van der Waals surface area contributed by atoms with Gasteiger partial charge in [0.2, 0.25) is 0 Å². The molecule has 0 aromatic rings. The first-order chi connectivity index (χ1) is 7.50. The van der Waals surface area contributed by atoms with Crippen LogP contribution in [0.15, 0.2) is 11.3 Å². The molecule has 0 aliphatic heterocycles. The van der Waals surface area contributed by atoms with Crippen LogP contribution >= 0.6 is 0 Å². The van der Waals surface area contributed by atoms with Crippen molar-refractivity contribution < 1.29 is 24.6 Å². The van der Waals surface area contributed by atoms with Crippen molar-refractivity contribution in [2.24, 2.45) is 11.8 Å². The fraction of sp³-hybridized carbons (Fsp3) is 0.545. The summed E-state index contributed by atoms with van der Waals surface area (Å²) in [5, 5.41) is 18.4. The van der Waals surface area contributed by atoms with E-state index in [0.29, 0.717) is 0 Å². The Morgan fingerprint density at radius 2 is 1.50 bits per heavy atom. The number of carboxylic acids is 1. The van der Waals surface area contributed by atoms with Crippen molar-refractivity contribution >= 4 is 17.5 Å². The maximum Gasteiger partial charge on any atom is 0.307 e. The summed E-state index contributed by atoms with van der Waals surface area (Å²) in [5.74, 6) is -3.33. The molecule has 0 atom stereocenters. The number of carbonyl (C=O) groups excluding carboxylic acids is 2. The first kappa shape index (κ1) is 10.9. The minimum Gasteiger partial charge on any atom is -0.511 e. The fourth-order valence-corrected chi connectivity index (χ4v) is 1.90. The summed E-state index contributed by atoms with van der Waals surface area (Å²) in [6.45, 7) is 0. The van der Waals surface area contributed by atoms with Crippen molar-refractivity contribution in [2.75, 3.05) is 0 Å². The quantitative estimate of drug-likeness (QED) is 0.412. The second-order valence-corrected chi connectivity index (χ2v) is 4.32. The van der Waals surface area contributed by atoms with E-state index in [-0.39, 0.29) is 30.1 Å². The summed E-state index contributed by atoms with van der Waals surface area (Å²) >= 11 is 0. The molecule has 2 N–H and O–H groups in total. The van der Waals surface area contributed by atoms with Gasteiger partial charge >= 0.3 is 5.97 Å². The Kier molecular flexibility index (Phi) is 2.53. The lowest BCUT2D eigenvalue weighted by molar-refractivity contribution is -0.146. The first-order valence-electron chi connectivity index (χ1n) is 5.23. The Balaban J connectivity index is 2.24. The summed E-state index contributed by atoms with van der Waals surface area (Å²) < 4.78 is 0. The number of hydrogen-bond acceptors (Lipinski definition) is 4. The SMILES string of the molecule is O=C1CC(C(=O)O)CC(=O)C1=C(O)C1CC1. The average Bonchev–Trinajstić information content (AvgIpc) is 2.98. The second-order valence-electron chi connectivity index (χ2n) is 4.32. The molecule has 16 heavy (non-hydrogen) atoms. The van der Waals surface area contributed by atoms with Gasteiger partial charge in [0.1, 0.15) is 5.76 Å². The number of aliphatic hydroxyl groups excluding tert-OH is 1. The number of rotatable bonds is 2. The van der Waals surface area contributed by atoms with Crippen LogP contribution in [0, 0.1) is 11.8 Å². The van der Waals surface area contributed by atoms with Crippen molar-refractivity contribution in [3.8, 4) is 0 Å². The second kappa shape index (κ2) is 3.73. The van der Waals surface area contributed by atoms with Crippen LogP contribution in [0.4, 0.5) is 0 Å². The Bertz CT molecular complexity index is 383. The van der Waals surface area contributed by atoms with Gasteiger partial charge in [0, 0.05) is 18.8 Å². The van der Waals surface area contributed by atoms with Crippen LogP contribution in [0.3, 0.4) is 0 Å². The maximum absolute atomic E-state index is 11.6. The Morgan fingerprint density at radius 3 is 1.88 bits per heavy atom. The molecule has 0 bridgehead atoms. The lowest BCUT2D eigenvalue weighted by Gasteiger charge is -2.19. The van der Waals surface area contributed by atoms with Crippen molar-refractivity contribution in [2.45, 2.75) is 25.7 Å². The number of aliphatic hydroxyl groups is 1. The van der Waals surface area contributed by atoms with Gasteiger partial charge in [-0.25, -0.2) is 0 Å². The van der Waals surface area contributed by atoms with Gasteiger partial charge in [0.25, 0.3) is 0 Å². The monoisotopic (exact) mass is 224 g/mol. The van der Waals surface area contributed by atoms with Crippen molar-refractivity contribution in [3.05, 3.63) is 11.3 Å². The highest BCUT2D eigenvalue weighted by molar-refractivity contribution is 6.23. The van der Waals surface area contributed by atoms with Gasteiger partial charge in [0.15, 0.2) is 11.6 Å². The van der Waals surface area contributed by atoms with Crippen LogP contribution in [-0.4, -0.2) is 27.7 Å². The van der Waals surface area contributed by atoms with E-state index < -0.39 is 23.5 Å². The average molecular weight is 224 g/mol. The molecule has 2 aliphatic rings. The molecule has 5 nitrogen and oxygen atoms in total. The standard InChI is InChI=1S/C11H12O5/c12-7-3-6(11(15)16)4-8(13)9(7)10(14)5-1-2-5/h5-6,14H,1-4H2,(H,15,16). The van der Waals surface area contributed by atoms with Gasteiger partial charge in [-0.3, -0.25) is 14.4 Å². The van der Waals surface area contributed by atoms with Gasteiger partial charge in [-0.2, -0.15) is 0 Å². The van der Waals surface area contributed by atoms with Gasteiger partial charge in [-0.05, 0) is 12.8 Å². The summed E-state index contributed by atoms with van der Waals surface area (Å²) in [6, 6.07) is 0. The van der Waals surface area contributed by atoms with Gasteiger partial charge in [-0.1, -0.05) is 0 Å². The van der Waals surface area contributed by atoms with Crippen LogP contribution in [0.25, 0.3) is 0 Å². The van der Waals surface area contributed by atoms with Crippen LogP contribution < -0.4 is 0 Å². The molecule has 0 aromatic carbocycles. The van der Waals surface area contributed by atoms with E-state index in [1.54, 1.807) is 0 Å². The number of carbonyl (C=O) groups is 3. The zero-order chi connectivity index (χ0) is 11.9. The van der Waals surface area contributed by atoms with Gasteiger partial charge in [-0.15, -0.1) is 0 Å². The molecule has 0 heterocycles. The summed E-state index contributed by atoms with van der Waals surface area (Å²) in [6.07, 6.45) is 1.21. The molecular weight excluding hydrogens is 212 g/mol. The maximum atomic E-state index is 11.6. The highest BCUT2D eigenvalue weighted by Crippen LogP contribution is 2.38. The Morgan fingerprint density at radius 1 is 1.00 bits per heavy atom. The molecule has 0 unspecified atom stereocenters. The van der Waals surface area contributed by atoms with Crippen LogP contribution in [0.1, 0.15) is 25.7 Å². The Hall–Kier alpha value is -1.65. The molecule has 2 rings (SSSR count). The zero-order valence-corrected chi connectivity index (χ0v) is 8.60. The normalized spacial score (nSPS) is 25.8. The topological polar surface area (TPSA) is 91.7 Å². The highest BCUT2D eigenvalue weighted by Gasteiger charge is 2.39. The van der Waals surface area contributed by atoms with Crippen LogP contribution in [0.2, 0.25) is 0 Å². The molecule has 2 aliphatic carbocycles. The van der Waals surface area contributed by atoms with E-state index in [2.05, 4.69) is 0 Å². The lowest BCUT2D eigenvalue weighted by atomic mass is 9.83. The van der Waals surface area contributed by atoms with E-state index >= 15 is 0 Å². The Labute approximate surface area is 91.8 Å². The largest absolute Gasteiger partial charge is 0.511 e. The molecule has 0 radical (unpaired) electrons. The molecule has 0 saturated heterocycles. The van der Waals surface area contributed by atoms with Crippen LogP contribution in [0.5, 0.6) is 0 Å². The molecule has 5 heteroatoms. The number of carboxylic acid groups (broad SMARTS) is 1. The van der Waals surface area contributed by atoms with Crippen molar-refractivity contribution in [1.29, 1.82) is 0 Å².